The van der Waals surface area contributed by atoms with Gasteiger partial charge in [0.15, 0.2) is 0 Å². The van der Waals surface area contributed by atoms with E-state index in [9.17, 15) is 10.1 Å². The van der Waals surface area contributed by atoms with E-state index < -0.39 is 4.92 Å². The molecule has 0 aliphatic rings. The van der Waals surface area contributed by atoms with Gasteiger partial charge in [0.1, 0.15) is 12.0 Å². The van der Waals surface area contributed by atoms with Gasteiger partial charge < -0.3 is 4.90 Å². The van der Waals surface area contributed by atoms with Gasteiger partial charge in [-0.2, -0.15) is 0 Å². The van der Waals surface area contributed by atoms with Crippen molar-refractivity contribution in [3.05, 3.63) is 58.5 Å². The predicted molar refractivity (Wildman–Crippen MR) is 67.2 cm³/mol. The van der Waals surface area contributed by atoms with E-state index in [1.165, 1.54) is 12.3 Å². The minimum Gasteiger partial charge on any atom is -0.354 e. The fourth-order valence-corrected chi connectivity index (χ4v) is 1.53. The number of rotatable bonds is 4. The second-order valence-electron chi connectivity index (χ2n) is 3.81. The van der Waals surface area contributed by atoms with Gasteiger partial charge in [-0.1, -0.05) is 6.07 Å². The third-order valence-electron chi connectivity index (χ3n) is 2.46. The lowest BCUT2D eigenvalue weighted by molar-refractivity contribution is -0.385. The summed E-state index contributed by atoms with van der Waals surface area (Å²) in [6.07, 6.45) is 2.98. The van der Waals surface area contributed by atoms with Crippen LogP contribution >= 0.6 is 0 Å². The molecule has 18 heavy (non-hydrogen) atoms. The van der Waals surface area contributed by atoms with Gasteiger partial charge in [0.2, 0.25) is 0 Å². The number of aromatic nitrogens is 2. The highest BCUT2D eigenvalue weighted by Crippen LogP contribution is 2.15. The zero-order valence-corrected chi connectivity index (χ0v) is 9.85. The first-order valence-corrected chi connectivity index (χ1v) is 5.38. The Balaban J connectivity index is 2.09. The fourth-order valence-electron chi connectivity index (χ4n) is 1.53. The quantitative estimate of drug-likeness (QED) is 0.607. The summed E-state index contributed by atoms with van der Waals surface area (Å²) in [7, 11) is 1.86. The Morgan fingerprint density at radius 3 is 2.67 bits per heavy atom. The van der Waals surface area contributed by atoms with Crippen molar-refractivity contribution < 1.29 is 4.92 Å². The molecule has 0 radical (unpaired) electrons. The summed E-state index contributed by atoms with van der Waals surface area (Å²) in [6.45, 7) is 0.603. The zero-order valence-electron chi connectivity index (χ0n) is 9.85. The Kier molecular flexibility index (Phi) is 3.47. The second-order valence-corrected chi connectivity index (χ2v) is 3.81. The van der Waals surface area contributed by atoms with E-state index in [1.807, 2.05) is 30.1 Å². The lowest BCUT2D eigenvalue weighted by Crippen LogP contribution is -2.18. The van der Waals surface area contributed by atoms with Crippen LogP contribution in [0.15, 0.2) is 42.7 Å². The largest absolute Gasteiger partial charge is 0.354 e. The van der Waals surface area contributed by atoms with E-state index in [0.29, 0.717) is 12.4 Å². The molecule has 6 heteroatoms. The van der Waals surface area contributed by atoms with Crippen molar-refractivity contribution in [1.29, 1.82) is 0 Å². The standard InChI is InChI=1S/C12H12N4O2/c1-15(9-10-4-2-3-7-13-10)12-6-5-11(8-14-12)16(17)18/h2-8H,9H2,1H3. The van der Waals surface area contributed by atoms with Crippen LogP contribution in [0.4, 0.5) is 11.5 Å². The third-order valence-corrected chi connectivity index (χ3v) is 2.46. The fraction of sp³-hybridized carbons (Fsp3) is 0.167. The van der Waals surface area contributed by atoms with Crippen LogP contribution in [0.25, 0.3) is 0 Å². The molecule has 2 heterocycles. The summed E-state index contributed by atoms with van der Waals surface area (Å²) in [5.74, 6) is 0.672. The van der Waals surface area contributed by atoms with E-state index in [0.717, 1.165) is 5.69 Å². The lowest BCUT2D eigenvalue weighted by Gasteiger charge is -2.17. The van der Waals surface area contributed by atoms with Gasteiger partial charge in [0.05, 0.1) is 17.2 Å². The molecule has 6 nitrogen and oxygen atoms in total. The maximum Gasteiger partial charge on any atom is 0.287 e. The van der Waals surface area contributed by atoms with Crippen LogP contribution in [0.1, 0.15) is 5.69 Å². The van der Waals surface area contributed by atoms with Crippen molar-refractivity contribution in [2.24, 2.45) is 0 Å². The van der Waals surface area contributed by atoms with Crippen molar-refractivity contribution in [3.63, 3.8) is 0 Å². The van der Waals surface area contributed by atoms with Gasteiger partial charge in [-0.25, -0.2) is 4.98 Å². The molecule has 0 amide bonds. The van der Waals surface area contributed by atoms with Gasteiger partial charge in [-0.05, 0) is 18.2 Å². The van der Waals surface area contributed by atoms with Crippen molar-refractivity contribution in [3.8, 4) is 0 Å². The monoisotopic (exact) mass is 244 g/mol. The van der Waals surface area contributed by atoms with Gasteiger partial charge in [0.25, 0.3) is 5.69 Å². The number of nitrogens with zero attached hydrogens (tertiary/aromatic N) is 4. The first kappa shape index (κ1) is 12.0. The SMILES string of the molecule is CN(Cc1ccccn1)c1ccc([N+](=O)[O-])cn1. The number of nitro groups is 1. The molecule has 2 aromatic heterocycles. The minimum atomic E-state index is -0.463. The number of hydrogen-bond donors (Lipinski definition) is 0. The number of hydrogen-bond acceptors (Lipinski definition) is 5. The average molecular weight is 244 g/mol. The molecule has 2 aromatic rings. The molecule has 0 aromatic carbocycles. The molecule has 0 unspecified atom stereocenters. The van der Waals surface area contributed by atoms with Gasteiger partial charge in [0, 0.05) is 19.3 Å². The zero-order chi connectivity index (χ0) is 13.0. The van der Waals surface area contributed by atoms with E-state index >= 15 is 0 Å². The summed E-state index contributed by atoms with van der Waals surface area (Å²) >= 11 is 0. The van der Waals surface area contributed by atoms with Crippen LogP contribution < -0.4 is 4.90 Å². The summed E-state index contributed by atoms with van der Waals surface area (Å²) in [5, 5.41) is 10.5. The molecule has 0 aliphatic heterocycles. The molecule has 2 rings (SSSR count). The normalized spacial score (nSPS) is 10.1. The van der Waals surface area contributed by atoms with E-state index in [4.69, 9.17) is 0 Å². The second kappa shape index (κ2) is 5.22. The first-order chi connectivity index (χ1) is 8.66. The Morgan fingerprint density at radius 1 is 1.28 bits per heavy atom. The van der Waals surface area contributed by atoms with E-state index in [2.05, 4.69) is 9.97 Å². The van der Waals surface area contributed by atoms with Crippen LogP contribution in [-0.4, -0.2) is 21.9 Å². The van der Waals surface area contributed by atoms with Gasteiger partial charge >= 0.3 is 0 Å². The van der Waals surface area contributed by atoms with Gasteiger partial charge in [-0.15, -0.1) is 0 Å². The molecule has 0 saturated carbocycles. The molecule has 0 saturated heterocycles. The minimum absolute atomic E-state index is 0.00927. The summed E-state index contributed by atoms with van der Waals surface area (Å²) in [6, 6.07) is 8.76. The maximum atomic E-state index is 10.5. The summed E-state index contributed by atoms with van der Waals surface area (Å²) in [4.78, 5) is 20.2. The van der Waals surface area contributed by atoms with Crippen LogP contribution in [0.5, 0.6) is 0 Å². The maximum absolute atomic E-state index is 10.5. The molecule has 0 spiro atoms. The predicted octanol–water partition coefficient (Wildman–Crippen LogP) is 2.02. The molecule has 0 bridgehead atoms. The van der Waals surface area contributed by atoms with Crippen LogP contribution in [-0.2, 0) is 6.54 Å². The first-order valence-electron chi connectivity index (χ1n) is 5.38. The van der Waals surface area contributed by atoms with Crippen LogP contribution in [0.2, 0.25) is 0 Å². The highest BCUT2D eigenvalue weighted by Gasteiger charge is 2.08. The van der Waals surface area contributed by atoms with Crippen molar-refractivity contribution in [2.45, 2.75) is 6.54 Å². The molecule has 0 fully saturated rings. The molecule has 0 N–H and O–H groups in total. The molecule has 0 atom stereocenters. The van der Waals surface area contributed by atoms with E-state index in [1.54, 1.807) is 12.3 Å². The highest BCUT2D eigenvalue weighted by molar-refractivity contribution is 5.42. The Bertz CT molecular complexity index is 528. The topological polar surface area (TPSA) is 72.2 Å². The van der Waals surface area contributed by atoms with Crippen molar-refractivity contribution >= 4 is 11.5 Å². The molecular formula is C12H12N4O2. The van der Waals surface area contributed by atoms with Crippen molar-refractivity contribution in [2.75, 3.05) is 11.9 Å². The Morgan fingerprint density at radius 2 is 2.11 bits per heavy atom. The summed E-state index contributed by atoms with van der Waals surface area (Å²) < 4.78 is 0. The highest BCUT2D eigenvalue weighted by atomic mass is 16.6. The average Bonchev–Trinajstić information content (AvgIpc) is 2.40. The van der Waals surface area contributed by atoms with Crippen LogP contribution in [0.3, 0.4) is 0 Å². The number of anilines is 1. The van der Waals surface area contributed by atoms with E-state index in [-0.39, 0.29) is 5.69 Å². The molecule has 0 aliphatic carbocycles. The van der Waals surface area contributed by atoms with Crippen molar-refractivity contribution in [1.82, 2.24) is 9.97 Å². The smallest absolute Gasteiger partial charge is 0.287 e. The lowest BCUT2D eigenvalue weighted by atomic mass is 10.3. The summed E-state index contributed by atoms with van der Waals surface area (Å²) in [5.41, 5.74) is 0.908. The number of pyridine rings is 2. The third kappa shape index (κ3) is 2.79. The Hall–Kier alpha value is -2.50. The Labute approximate surface area is 104 Å². The van der Waals surface area contributed by atoms with Crippen LogP contribution in [0, 0.1) is 10.1 Å². The molecular weight excluding hydrogens is 232 g/mol. The molecule has 92 valence electrons. The van der Waals surface area contributed by atoms with Gasteiger partial charge in [-0.3, -0.25) is 15.1 Å².